The highest BCUT2D eigenvalue weighted by atomic mass is 35.5. The van der Waals surface area contributed by atoms with Gasteiger partial charge in [-0.1, -0.05) is 29.3 Å². The Balaban J connectivity index is 1.37. The van der Waals surface area contributed by atoms with Gasteiger partial charge < -0.3 is 20.2 Å². The van der Waals surface area contributed by atoms with Gasteiger partial charge in [-0.3, -0.25) is 9.59 Å². The molecule has 0 spiro atoms. The summed E-state index contributed by atoms with van der Waals surface area (Å²) < 4.78 is 0. The molecule has 176 valence electrons. The van der Waals surface area contributed by atoms with Crippen LogP contribution in [0.4, 0.5) is 11.4 Å². The Labute approximate surface area is 204 Å². The van der Waals surface area contributed by atoms with E-state index in [9.17, 15) is 14.7 Å². The average Bonchev–Trinajstić information content (AvgIpc) is 2.80. The van der Waals surface area contributed by atoms with Crippen LogP contribution < -0.4 is 10.2 Å². The van der Waals surface area contributed by atoms with Crippen LogP contribution in [0.25, 0.3) is 0 Å². The van der Waals surface area contributed by atoms with E-state index in [0.29, 0.717) is 59.6 Å². The molecule has 6 nitrogen and oxygen atoms in total. The van der Waals surface area contributed by atoms with Gasteiger partial charge in [-0.25, -0.2) is 0 Å². The van der Waals surface area contributed by atoms with Crippen LogP contribution in [0.3, 0.4) is 0 Å². The molecule has 2 saturated heterocycles. The zero-order valence-electron chi connectivity index (χ0n) is 18.5. The number of aliphatic hydroxyl groups is 1. The van der Waals surface area contributed by atoms with Crippen LogP contribution in [0, 0.1) is 5.92 Å². The van der Waals surface area contributed by atoms with Crippen molar-refractivity contribution in [1.82, 2.24) is 4.90 Å². The molecule has 2 aromatic rings. The van der Waals surface area contributed by atoms with Gasteiger partial charge in [0.2, 0.25) is 5.91 Å². The number of aliphatic hydroxyl groups excluding tert-OH is 1. The Hall–Kier alpha value is -2.28. The molecule has 2 amide bonds. The van der Waals surface area contributed by atoms with Crippen molar-refractivity contribution in [2.45, 2.75) is 38.2 Å². The third-order valence-electron chi connectivity index (χ3n) is 6.53. The number of benzene rings is 2. The summed E-state index contributed by atoms with van der Waals surface area (Å²) in [6.07, 6.45) is 3.45. The molecule has 2 aliphatic heterocycles. The van der Waals surface area contributed by atoms with E-state index in [1.165, 1.54) is 0 Å². The number of amides is 2. The van der Waals surface area contributed by atoms with Crippen molar-refractivity contribution in [1.29, 1.82) is 0 Å². The molecular formula is C25H29Cl2N3O3. The second-order valence-corrected chi connectivity index (χ2v) is 9.75. The zero-order chi connectivity index (χ0) is 23.4. The molecule has 2 aromatic carbocycles. The zero-order valence-corrected chi connectivity index (χ0v) is 20.0. The van der Waals surface area contributed by atoms with Crippen LogP contribution >= 0.6 is 23.2 Å². The molecule has 0 aromatic heterocycles. The molecule has 4 rings (SSSR count). The Bertz CT molecular complexity index is 1000. The van der Waals surface area contributed by atoms with Crippen molar-refractivity contribution in [2.75, 3.05) is 36.4 Å². The number of hydrogen-bond acceptors (Lipinski definition) is 4. The molecule has 2 fully saturated rings. The number of carbonyl (C=O) groups excluding carboxylic acids is 2. The summed E-state index contributed by atoms with van der Waals surface area (Å²) in [5, 5.41) is 13.7. The average molecular weight is 490 g/mol. The van der Waals surface area contributed by atoms with E-state index < -0.39 is 0 Å². The summed E-state index contributed by atoms with van der Waals surface area (Å²) in [7, 11) is 0. The lowest BCUT2D eigenvalue weighted by Crippen LogP contribution is -2.42. The Morgan fingerprint density at radius 2 is 1.64 bits per heavy atom. The first kappa shape index (κ1) is 23.9. The molecule has 0 unspecified atom stereocenters. The van der Waals surface area contributed by atoms with E-state index >= 15 is 0 Å². The van der Waals surface area contributed by atoms with E-state index in [0.717, 1.165) is 31.6 Å². The summed E-state index contributed by atoms with van der Waals surface area (Å²) in [6, 6.07) is 12.3. The van der Waals surface area contributed by atoms with E-state index in [1.807, 2.05) is 17.0 Å². The smallest absolute Gasteiger partial charge is 0.255 e. The first-order valence-corrected chi connectivity index (χ1v) is 12.2. The summed E-state index contributed by atoms with van der Waals surface area (Å²) in [6.45, 7) is 2.91. The predicted octanol–water partition coefficient (Wildman–Crippen LogP) is 4.84. The molecule has 0 atom stereocenters. The molecule has 0 bridgehead atoms. The van der Waals surface area contributed by atoms with Crippen LogP contribution in [0.1, 0.15) is 42.5 Å². The lowest BCUT2D eigenvalue weighted by molar-refractivity contribution is -0.134. The second-order valence-electron chi connectivity index (χ2n) is 8.87. The topological polar surface area (TPSA) is 72.9 Å². The van der Waals surface area contributed by atoms with Gasteiger partial charge in [-0.2, -0.15) is 0 Å². The summed E-state index contributed by atoms with van der Waals surface area (Å²) in [5.41, 5.74) is 2.06. The van der Waals surface area contributed by atoms with Gasteiger partial charge in [0, 0.05) is 48.2 Å². The predicted molar refractivity (Wildman–Crippen MR) is 132 cm³/mol. The molecule has 2 N–H and O–H groups in total. The second kappa shape index (κ2) is 10.8. The number of anilines is 2. The van der Waals surface area contributed by atoms with Crippen LogP contribution in [0.15, 0.2) is 42.5 Å². The maximum Gasteiger partial charge on any atom is 0.255 e. The van der Waals surface area contributed by atoms with E-state index in [4.69, 9.17) is 23.2 Å². The lowest BCUT2D eigenvalue weighted by Gasteiger charge is -2.36. The van der Waals surface area contributed by atoms with Crippen LogP contribution in [-0.4, -0.2) is 54.1 Å². The van der Waals surface area contributed by atoms with Crippen LogP contribution in [0.5, 0.6) is 0 Å². The Morgan fingerprint density at radius 3 is 2.33 bits per heavy atom. The Kier molecular flexibility index (Phi) is 7.78. The fourth-order valence-electron chi connectivity index (χ4n) is 4.58. The quantitative estimate of drug-likeness (QED) is 0.630. The summed E-state index contributed by atoms with van der Waals surface area (Å²) >= 11 is 12.3. The number of halogens is 2. The van der Waals surface area contributed by atoms with Gasteiger partial charge in [0.15, 0.2) is 0 Å². The Morgan fingerprint density at radius 1 is 0.939 bits per heavy atom. The molecule has 0 radical (unpaired) electrons. The van der Waals surface area contributed by atoms with Crippen molar-refractivity contribution >= 4 is 46.4 Å². The normalized spacial score (nSPS) is 17.8. The number of nitrogens with zero attached hydrogens (tertiary/aromatic N) is 2. The largest absolute Gasteiger partial charge is 0.393 e. The van der Waals surface area contributed by atoms with Gasteiger partial charge in [0.1, 0.15) is 0 Å². The molecule has 2 heterocycles. The SMILES string of the molecule is O=C(Nc1cc(Cl)ccc1N1CCC(CC(=O)N2CCC(O)CC2)CC1)c1cccc(Cl)c1. The van der Waals surface area contributed by atoms with Crippen molar-refractivity contribution in [3.8, 4) is 0 Å². The lowest BCUT2D eigenvalue weighted by atomic mass is 9.92. The van der Waals surface area contributed by atoms with E-state index in [2.05, 4.69) is 10.2 Å². The maximum atomic E-state index is 12.8. The number of nitrogens with one attached hydrogen (secondary N) is 1. The van der Waals surface area contributed by atoms with E-state index in [1.54, 1.807) is 30.3 Å². The molecule has 8 heteroatoms. The van der Waals surface area contributed by atoms with Gasteiger partial charge >= 0.3 is 0 Å². The highest BCUT2D eigenvalue weighted by molar-refractivity contribution is 6.31. The standard InChI is InChI=1S/C25H29Cl2N3O3/c26-19-3-1-2-18(15-19)25(33)28-22-16-20(27)4-5-23(22)29-10-6-17(7-11-29)14-24(32)30-12-8-21(31)9-13-30/h1-5,15-17,21,31H,6-14H2,(H,28,33). The third-order valence-corrected chi connectivity index (χ3v) is 7.00. The number of rotatable bonds is 5. The molecule has 33 heavy (non-hydrogen) atoms. The molecule has 0 saturated carbocycles. The summed E-state index contributed by atoms with van der Waals surface area (Å²) in [5.74, 6) is 0.298. The van der Waals surface area contributed by atoms with E-state index in [-0.39, 0.29) is 17.9 Å². The molecule has 2 aliphatic rings. The number of carbonyl (C=O) groups is 2. The van der Waals surface area contributed by atoms with Crippen molar-refractivity contribution in [2.24, 2.45) is 5.92 Å². The van der Waals surface area contributed by atoms with Gasteiger partial charge in [-0.05, 0) is 68.0 Å². The fourth-order valence-corrected chi connectivity index (χ4v) is 4.94. The van der Waals surface area contributed by atoms with Gasteiger partial charge in [0.05, 0.1) is 17.5 Å². The van der Waals surface area contributed by atoms with Gasteiger partial charge in [-0.15, -0.1) is 0 Å². The number of hydrogen-bond donors (Lipinski definition) is 2. The van der Waals surface area contributed by atoms with Crippen molar-refractivity contribution in [3.05, 3.63) is 58.1 Å². The highest BCUT2D eigenvalue weighted by Crippen LogP contribution is 2.33. The van der Waals surface area contributed by atoms with Gasteiger partial charge in [0.25, 0.3) is 5.91 Å². The van der Waals surface area contributed by atoms with Crippen LogP contribution in [0.2, 0.25) is 10.0 Å². The van der Waals surface area contributed by atoms with Crippen molar-refractivity contribution < 1.29 is 14.7 Å². The number of piperidine rings is 2. The monoisotopic (exact) mass is 489 g/mol. The third kappa shape index (κ3) is 6.19. The fraction of sp³-hybridized carbons (Fsp3) is 0.440. The minimum Gasteiger partial charge on any atom is -0.393 e. The van der Waals surface area contributed by atoms with Crippen LogP contribution in [-0.2, 0) is 4.79 Å². The minimum absolute atomic E-state index is 0.196. The first-order valence-electron chi connectivity index (χ1n) is 11.5. The maximum absolute atomic E-state index is 12.8. The number of likely N-dealkylation sites (tertiary alicyclic amines) is 1. The first-order chi connectivity index (χ1) is 15.9. The molecular weight excluding hydrogens is 461 g/mol. The molecule has 0 aliphatic carbocycles. The van der Waals surface area contributed by atoms with Crippen molar-refractivity contribution in [3.63, 3.8) is 0 Å². The summed E-state index contributed by atoms with van der Waals surface area (Å²) in [4.78, 5) is 29.6. The highest BCUT2D eigenvalue weighted by Gasteiger charge is 2.27. The minimum atomic E-state index is -0.273.